The highest BCUT2D eigenvalue weighted by Gasteiger charge is 2.23. The van der Waals surface area contributed by atoms with Crippen LogP contribution in [0.5, 0.6) is 0 Å². The van der Waals surface area contributed by atoms with Gasteiger partial charge in [-0.2, -0.15) is 0 Å². The molecule has 1 fully saturated rings. The number of nitrogens with one attached hydrogen (secondary N) is 1. The van der Waals surface area contributed by atoms with E-state index in [-0.39, 0.29) is 18.9 Å². The van der Waals surface area contributed by atoms with Gasteiger partial charge in [0.2, 0.25) is 5.91 Å². The van der Waals surface area contributed by atoms with E-state index in [2.05, 4.69) is 5.32 Å². The van der Waals surface area contributed by atoms with Crippen LogP contribution in [0.3, 0.4) is 0 Å². The molecule has 7 heteroatoms. The Bertz CT molecular complexity index is 337. The lowest BCUT2D eigenvalue weighted by Crippen LogP contribution is -2.47. The molecule has 0 bridgehead atoms. The first kappa shape index (κ1) is 15.4. The summed E-state index contributed by atoms with van der Waals surface area (Å²) in [6.07, 6.45) is 1.23. The number of carboxylic acid groups (broad SMARTS) is 1. The Morgan fingerprint density at radius 3 is 2.42 bits per heavy atom. The maximum Gasteiger partial charge on any atom is 0.324 e. The van der Waals surface area contributed by atoms with Gasteiger partial charge in [0.1, 0.15) is 0 Å². The fourth-order valence-corrected chi connectivity index (χ4v) is 1.94. The lowest BCUT2D eigenvalue weighted by molar-refractivity contribution is -0.138. The first-order chi connectivity index (χ1) is 9.02. The summed E-state index contributed by atoms with van der Waals surface area (Å²) in [5, 5.41) is 10.6. The average molecular weight is 272 g/mol. The smallest absolute Gasteiger partial charge is 0.324 e. The summed E-state index contributed by atoms with van der Waals surface area (Å²) in [4.78, 5) is 34.9. The number of nitrogens with zero attached hydrogens (tertiary/aromatic N) is 1. The van der Waals surface area contributed by atoms with Gasteiger partial charge < -0.3 is 14.7 Å². The molecule has 0 saturated carbocycles. The average Bonchev–Trinajstić information content (AvgIpc) is 2.37. The summed E-state index contributed by atoms with van der Waals surface area (Å²) >= 11 is 0. The summed E-state index contributed by atoms with van der Waals surface area (Å²) in [7, 11) is 0. The fraction of sp³-hybridized carbons (Fsp3) is 0.750. The molecule has 1 saturated heterocycles. The number of piperidine rings is 1. The first-order valence-electron chi connectivity index (χ1n) is 6.45. The molecule has 0 atom stereocenters. The van der Waals surface area contributed by atoms with E-state index in [1.165, 1.54) is 0 Å². The number of rotatable bonds is 5. The Labute approximate surface area is 111 Å². The van der Waals surface area contributed by atoms with Gasteiger partial charge in [-0.1, -0.05) is 0 Å². The van der Waals surface area contributed by atoms with Crippen LogP contribution >= 0.6 is 0 Å². The van der Waals surface area contributed by atoms with E-state index < -0.39 is 17.9 Å². The molecule has 2 N–H and O–H groups in total. The lowest BCUT2D eigenvalue weighted by atomic mass is 10.1. The van der Waals surface area contributed by atoms with Crippen molar-refractivity contribution in [1.82, 2.24) is 10.2 Å². The third kappa shape index (κ3) is 5.69. The summed E-state index contributed by atoms with van der Waals surface area (Å²) < 4.78 is 5.47. The van der Waals surface area contributed by atoms with Crippen molar-refractivity contribution in [3.63, 3.8) is 0 Å². The molecular formula is C12H20N2O5. The second-order valence-corrected chi connectivity index (χ2v) is 4.39. The van der Waals surface area contributed by atoms with E-state index in [0.717, 1.165) is 12.8 Å². The second kappa shape index (κ2) is 7.73. The van der Waals surface area contributed by atoms with Crippen LogP contribution in [0.15, 0.2) is 0 Å². The molecule has 0 aromatic carbocycles. The number of imide groups is 1. The molecule has 108 valence electrons. The third-order valence-electron chi connectivity index (χ3n) is 2.94. The zero-order valence-corrected chi connectivity index (χ0v) is 11.1. The molecule has 0 aliphatic carbocycles. The van der Waals surface area contributed by atoms with Crippen molar-refractivity contribution < 1.29 is 24.2 Å². The number of amides is 3. The Kier molecular flexibility index (Phi) is 6.27. The summed E-state index contributed by atoms with van der Waals surface area (Å²) in [5.74, 6) is -1.61. The van der Waals surface area contributed by atoms with E-state index >= 15 is 0 Å². The van der Waals surface area contributed by atoms with E-state index in [0.29, 0.717) is 19.7 Å². The van der Waals surface area contributed by atoms with Gasteiger partial charge >= 0.3 is 12.0 Å². The lowest BCUT2D eigenvalue weighted by Gasteiger charge is -2.31. The first-order valence-corrected chi connectivity index (χ1v) is 6.45. The number of ether oxygens (including phenoxy) is 1. The summed E-state index contributed by atoms with van der Waals surface area (Å²) in [6, 6.07) is -0.453. The Balaban J connectivity index is 2.27. The molecule has 0 radical (unpaired) electrons. The molecule has 3 amide bonds. The van der Waals surface area contributed by atoms with Gasteiger partial charge in [-0.25, -0.2) is 4.79 Å². The van der Waals surface area contributed by atoms with Crippen LogP contribution in [0.25, 0.3) is 0 Å². The molecule has 0 spiro atoms. The minimum absolute atomic E-state index is 0.178. The third-order valence-corrected chi connectivity index (χ3v) is 2.94. The zero-order chi connectivity index (χ0) is 14.3. The normalized spacial score (nSPS) is 16.2. The van der Waals surface area contributed by atoms with Gasteiger partial charge in [0.05, 0.1) is 12.5 Å². The molecule has 0 aromatic heterocycles. The van der Waals surface area contributed by atoms with Gasteiger partial charge in [-0.05, 0) is 19.8 Å². The summed E-state index contributed by atoms with van der Waals surface area (Å²) in [5.41, 5.74) is 0. The number of aliphatic carboxylic acids is 1. The van der Waals surface area contributed by atoms with Gasteiger partial charge in [-0.15, -0.1) is 0 Å². The highest BCUT2D eigenvalue weighted by molar-refractivity contribution is 5.95. The van der Waals surface area contributed by atoms with Crippen LogP contribution < -0.4 is 5.32 Å². The van der Waals surface area contributed by atoms with Gasteiger partial charge in [0.15, 0.2) is 0 Å². The minimum atomic E-state index is -1.06. The van der Waals surface area contributed by atoms with Gasteiger partial charge in [-0.3, -0.25) is 14.9 Å². The van der Waals surface area contributed by atoms with Gasteiger partial charge in [0, 0.05) is 26.1 Å². The number of hydrogen-bond acceptors (Lipinski definition) is 4. The monoisotopic (exact) mass is 272 g/mol. The Hall–Kier alpha value is -1.63. The van der Waals surface area contributed by atoms with E-state index in [1.54, 1.807) is 4.90 Å². The maximum atomic E-state index is 11.7. The standard InChI is InChI=1S/C12H20N2O5/c1-2-19-9-5-7-14(8-6-9)12(18)13-10(15)3-4-11(16)17/h9H,2-8H2,1H3,(H,16,17)(H,13,15,18). The number of carboxylic acids is 1. The highest BCUT2D eigenvalue weighted by Crippen LogP contribution is 2.13. The van der Waals surface area contributed by atoms with Crippen molar-refractivity contribution in [3.05, 3.63) is 0 Å². The highest BCUT2D eigenvalue weighted by atomic mass is 16.5. The van der Waals surface area contributed by atoms with Crippen LogP contribution in [-0.4, -0.2) is 53.7 Å². The number of carbonyl (C=O) groups excluding carboxylic acids is 2. The maximum absolute atomic E-state index is 11.7. The Morgan fingerprint density at radius 2 is 1.89 bits per heavy atom. The van der Waals surface area contributed by atoms with Crippen molar-refractivity contribution in [2.75, 3.05) is 19.7 Å². The van der Waals surface area contributed by atoms with Crippen molar-refractivity contribution in [3.8, 4) is 0 Å². The molecule has 7 nitrogen and oxygen atoms in total. The molecule has 1 aliphatic heterocycles. The predicted octanol–water partition coefficient (Wildman–Crippen LogP) is 0.588. The fourth-order valence-electron chi connectivity index (χ4n) is 1.94. The largest absolute Gasteiger partial charge is 0.481 e. The van der Waals surface area contributed by atoms with E-state index in [4.69, 9.17) is 9.84 Å². The van der Waals surface area contributed by atoms with Crippen LogP contribution in [0, 0.1) is 0 Å². The number of carbonyl (C=O) groups is 3. The van der Waals surface area contributed by atoms with Crippen LogP contribution in [0.1, 0.15) is 32.6 Å². The van der Waals surface area contributed by atoms with Crippen LogP contribution in [-0.2, 0) is 14.3 Å². The summed E-state index contributed by atoms with van der Waals surface area (Å²) in [6.45, 7) is 3.68. The Morgan fingerprint density at radius 1 is 1.26 bits per heavy atom. The molecule has 1 heterocycles. The SMILES string of the molecule is CCOC1CCN(C(=O)NC(=O)CCC(=O)O)CC1. The number of urea groups is 1. The molecule has 1 aliphatic rings. The molecule has 1 rings (SSSR count). The molecular weight excluding hydrogens is 252 g/mol. The van der Waals surface area contributed by atoms with Gasteiger partial charge in [0.25, 0.3) is 0 Å². The van der Waals surface area contributed by atoms with Crippen molar-refractivity contribution in [2.45, 2.75) is 38.7 Å². The molecule has 19 heavy (non-hydrogen) atoms. The van der Waals surface area contributed by atoms with E-state index in [1.807, 2.05) is 6.92 Å². The number of likely N-dealkylation sites (tertiary alicyclic amines) is 1. The van der Waals surface area contributed by atoms with Crippen molar-refractivity contribution in [1.29, 1.82) is 0 Å². The quantitative estimate of drug-likeness (QED) is 0.763. The minimum Gasteiger partial charge on any atom is -0.481 e. The zero-order valence-electron chi connectivity index (χ0n) is 11.1. The molecule has 0 aromatic rings. The van der Waals surface area contributed by atoms with Crippen LogP contribution in [0.2, 0.25) is 0 Å². The van der Waals surface area contributed by atoms with Crippen molar-refractivity contribution >= 4 is 17.9 Å². The van der Waals surface area contributed by atoms with Crippen LogP contribution in [0.4, 0.5) is 4.79 Å². The van der Waals surface area contributed by atoms with Crippen molar-refractivity contribution in [2.24, 2.45) is 0 Å². The van der Waals surface area contributed by atoms with E-state index in [9.17, 15) is 14.4 Å². The second-order valence-electron chi connectivity index (χ2n) is 4.39. The number of hydrogen-bond donors (Lipinski definition) is 2. The molecule has 0 unspecified atom stereocenters. The predicted molar refractivity (Wildman–Crippen MR) is 66.6 cm³/mol. The topological polar surface area (TPSA) is 95.9 Å².